The summed E-state index contributed by atoms with van der Waals surface area (Å²) in [7, 11) is -1.14. The molecule has 0 radical (unpaired) electrons. The molecule has 0 spiro atoms. The van der Waals surface area contributed by atoms with Crippen molar-refractivity contribution in [3.8, 4) is 11.4 Å². The SMILES string of the molecule is CCOC(=O)c1cc(-c2ccnn2COCC[Si](C)(C)C)n(CCCO)n1. The van der Waals surface area contributed by atoms with E-state index in [-0.39, 0.29) is 12.3 Å². The van der Waals surface area contributed by atoms with E-state index in [0.29, 0.717) is 32.9 Å². The molecule has 9 heteroatoms. The first-order valence-electron chi connectivity index (χ1n) is 9.31. The lowest BCUT2D eigenvalue weighted by molar-refractivity contribution is 0.0518. The lowest BCUT2D eigenvalue weighted by atomic mass is 10.2. The predicted octanol–water partition coefficient (Wildman–Crippen LogP) is 2.62. The monoisotopic (exact) mass is 394 g/mol. The number of aliphatic hydroxyl groups excluding tert-OH is 1. The summed E-state index contributed by atoms with van der Waals surface area (Å²) in [5.41, 5.74) is 1.80. The molecule has 0 unspecified atom stereocenters. The van der Waals surface area contributed by atoms with Crippen LogP contribution in [-0.2, 0) is 22.7 Å². The number of aliphatic hydroxyl groups is 1. The quantitative estimate of drug-likeness (QED) is 0.358. The van der Waals surface area contributed by atoms with Crippen LogP contribution < -0.4 is 0 Å². The molecule has 2 heterocycles. The molecule has 0 aliphatic carbocycles. The van der Waals surface area contributed by atoms with Gasteiger partial charge in [0.05, 0.1) is 18.0 Å². The molecule has 27 heavy (non-hydrogen) atoms. The Morgan fingerprint density at radius 2 is 2.04 bits per heavy atom. The van der Waals surface area contributed by atoms with Crippen LogP contribution in [0.3, 0.4) is 0 Å². The molecule has 0 atom stereocenters. The van der Waals surface area contributed by atoms with E-state index in [4.69, 9.17) is 14.6 Å². The fourth-order valence-corrected chi connectivity index (χ4v) is 3.26. The zero-order chi connectivity index (χ0) is 19.9. The molecular weight excluding hydrogens is 364 g/mol. The molecule has 0 amide bonds. The van der Waals surface area contributed by atoms with Gasteiger partial charge in [0, 0.05) is 40.1 Å². The molecular formula is C18H30N4O4Si. The van der Waals surface area contributed by atoms with Gasteiger partial charge in [0.1, 0.15) is 6.73 Å². The van der Waals surface area contributed by atoms with Crippen LogP contribution in [0, 0.1) is 0 Å². The molecule has 2 aromatic heterocycles. The number of aromatic nitrogens is 4. The van der Waals surface area contributed by atoms with Crippen LogP contribution in [0.15, 0.2) is 18.3 Å². The van der Waals surface area contributed by atoms with E-state index in [1.165, 1.54) is 0 Å². The summed E-state index contributed by atoms with van der Waals surface area (Å²) in [5, 5.41) is 17.8. The normalized spacial score (nSPS) is 11.7. The summed E-state index contributed by atoms with van der Waals surface area (Å²) in [4.78, 5) is 12.1. The summed E-state index contributed by atoms with van der Waals surface area (Å²) >= 11 is 0. The van der Waals surface area contributed by atoms with Crippen molar-refractivity contribution in [1.82, 2.24) is 19.6 Å². The van der Waals surface area contributed by atoms with Crippen LogP contribution in [0.25, 0.3) is 11.4 Å². The van der Waals surface area contributed by atoms with Gasteiger partial charge >= 0.3 is 5.97 Å². The topological polar surface area (TPSA) is 91.4 Å². The molecule has 1 N–H and O–H groups in total. The van der Waals surface area contributed by atoms with E-state index < -0.39 is 14.0 Å². The van der Waals surface area contributed by atoms with Gasteiger partial charge in [0.15, 0.2) is 5.69 Å². The van der Waals surface area contributed by atoms with Crippen LogP contribution >= 0.6 is 0 Å². The number of carbonyl (C=O) groups is 1. The van der Waals surface area contributed by atoms with E-state index in [1.54, 1.807) is 28.6 Å². The Hall–Kier alpha value is -1.97. The Labute approximate surface area is 161 Å². The van der Waals surface area contributed by atoms with E-state index in [9.17, 15) is 4.79 Å². The molecule has 0 saturated carbocycles. The van der Waals surface area contributed by atoms with Crippen molar-refractivity contribution in [3.63, 3.8) is 0 Å². The third-order valence-corrected chi connectivity index (χ3v) is 5.69. The highest BCUT2D eigenvalue weighted by Gasteiger charge is 2.19. The van der Waals surface area contributed by atoms with Crippen LogP contribution in [0.4, 0.5) is 0 Å². The minimum absolute atomic E-state index is 0.0487. The van der Waals surface area contributed by atoms with Gasteiger partial charge in [-0.3, -0.25) is 4.68 Å². The molecule has 2 rings (SSSR count). The maximum absolute atomic E-state index is 12.1. The number of aryl methyl sites for hydroxylation is 1. The van der Waals surface area contributed by atoms with Crippen molar-refractivity contribution < 1.29 is 19.4 Å². The summed E-state index contributed by atoms with van der Waals surface area (Å²) in [5.74, 6) is -0.459. The summed E-state index contributed by atoms with van der Waals surface area (Å²) in [6, 6.07) is 4.65. The Kier molecular flexibility index (Phi) is 7.75. The average molecular weight is 395 g/mol. The molecule has 2 aromatic rings. The molecule has 0 bridgehead atoms. The first-order chi connectivity index (χ1) is 12.9. The third kappa shape index (κ3) is 6.30. The Morgan fingerprint density at radius 3 is 2.70 bits per heavy atom. The second-order valence-electron chi connectivity index (χ2n) is 7.50. The summed E-state index contributed by atoms with van der Waals surface area (Å²) in [6.45, 7) is 10.6. The Bertz CT molecular complexity index is 736. The van der Waals surface area contributed by atoms with Crippen molar-refractivity contribution in [2.75, 3.05) is 19.8 Å². The van der Waals surface area contributed by atoms with Gasteiger partial charge < -0.3 is 14.6 Å². The van der Waals surface area contributed by atoms with Crippen molar-refractivity contribution in [3.05, 3.63) is 24.0 Å². The van der Waals surface area contributed by atoms with Gasteiger partial charge in [0.2, 0.25) is 0 Å². The molecule has 0 saturated heterocycles. The molecule has 0 aliphatic rings. The van der Waals surface area contributed by atoms with E-state index in [2.05, 4.69) is 29.8 Å². The highest BCUT2D eigenvalue weighted by molar-refractivity contribution is 6.76. The fraction of sp³-hybridized carbons (Fsp3) is 0.611. The lowest BCUT2D eigenvalue weighted by Crippen LogP contribution is -2.22. The summed E-state index contributed by atoms with van der Waals surface area (Å²) in [6.07, 6.45) is 2.24. The van der Waals surface area contributed by atoms with Crippen LogP contribution in [0.1, 0.15) is 23.8 Å². The number of rotatable bonds is 11. The highest BCUT2D eigenvalue weighted by Crippen LogP contribution is 2.22. The van der Waals surface area contributed by atoms with Crippen LogP contribution in [0.2, 0.25) is 25.7 Å². The standard InChI is InChI=1S/C18H30N4O4Si/c1-5-26-18(24)15-13-17(21(20-15)9-6-10-23)16-7-8-19-22(16)14-25-11-12-27(2,3)4/h7-8,13,23H,5-6,9-12,14H2,1-4H3. The number of carbonyl (C=O) groups excluding carboxylic acids is 1. The van der Waals surface area contributed by atoms with E-state index in [0.717, 1.165) is 17.4 Å². The van der Waals surface area contributed by atoms with Gasteiger partial charge in [0.25, 0.3) is 0 Å². The maximum Gasteiger partial charge on any atom is 0.358 e. The fourth-order valence-electron chi connectivity index (χ4n) is 2.50. The molecule has 0 fully saturated rings. The number of esters is 1. The second-order valence-corrected chi connectivity index (χ2v) is 13.1. The van der Waals surface area contributed by atoms with Gasteiger partial charge in [-0.25, -0.2) is 9.48 Å². The largest absolute Gasteiger partial charge is 0.461 e. The summed E-state index contributed by atoms with van der Waals surface area (Å²) < 4.78 is 14.3. The van der Waals surface area contributed by atoms with Gasteiger partial charge in [-0.2, -0.15) is 10.2 Å². The molecule has 8 nitrogen and oxygen atoms in total. The van der Waals surface area contributed by atoms with Crippen LogP contribution in [0.5, 0.6) is 0 Å². The Morgan fingerprint density at radius 1 is 1.26 bits per heavy atom. The van der Waals surface area contributed by atoms with Gasteiger partial charge in [-0.15, -0.1) is 0 Å². The highest BCUT2D eigenvalue weighted by atomic mass is 28.3. The minimum Gasteiger partial charge on any atom is -0.461 e. The van der Waals surface area contributed by atoms with Gasteiger partial charge in [-0.05, 0) is 25.5 Å². The van der Waals surface area contributed by atoms with Crippen molar-refractivity contribution in [1.29, 1.82) is 0 Å². The van der Waals surface area contributed by atoms with Crippen molar-refractivity contribution in [2.24, 2.45) is 0 Å². The number of ether oxygens (including phenoxy) is 2. The predicted molar refractivity (Wildman–Crippen MR) is 105 cm³/mol. The zero-order valence-electron chi connectivity index (χ0n) is 16.6. The van der Waals surface area contributed by atoms with Gasteiger partial charge in [-0.1, -0.05) is 19.6 Å². The number of nitrogens with zero attached hydrogens (tertiary/aromatic N) is 4. The maximum atomic E-state index is 12.1. The minimum atomic E-state index is -1.14. The molecule has 0 aliphatic heterocycles. The van der Waals surface area contributed by atoms with Crippen molar-refractivity contribution in [2.45, 2.75) is 52.3 Å². The lowest BCUT2D eigenvalue weighted by Gasteiger charge is -2.16. The molecule has 150 valence electrons. The number of hydrogen-bond donors (Lipinski definition) is 1. The van der Waals surface area contributed by atoms with E-state index in [1.807, 2.05) is 6.07 Å². The second kappa shape index (κ2) is 9.82. The van der Waals surface area contributed by atoms with E-state index >= 15 is 0 Å². The smallest absolute Gasteiger partial charge is 0.358 e. The number of hydrogen-bond acceptors (Lipinski definition) is 6. The first kappa shape index (κ1) is 21.3. The first-order valence-corrected chi connectivity index (χ1v) is 13.0. The Balaban J connectivity index is 2.18. The third-order valence-electron chi connectivity index (χ3n) is 3.98. The zero-order valence-corrected chi connectivity index (χ0v) is 17.6. The average Bonchev–Trinajstić information content (AvgIpc) is 3.22. The molecule has 0 aromatic carbocycles. The van der Waals surface area contributed by atoms with Crippen molar-refractivity contribution >= 4 is 14.0 Å². The van der Waals surface area contributed by atoms with Crippen LogP contribution in [-0.4, -0.2) is 58.5 Å².